The van der Waals surface area contributed by atoms with E-state index in [9.17, 15) is 9.59 Å². The van der Waals surface area contributed by atoms with E-state index in [4.69, 9.17) is 10.5 Å². The summed E-state index contributed by atoms with van der Waals surface area (Å²) in [5.74, 6) is 1.51. The summed E-state index contributed by atoms with van der Waals surface area (Å²) in [7, 11) is 1.84. The lowest BCUT2D eigenvalue weighted by atomic mass is 10.0. The van der Waals surface area contributed by atoms with Crippen LogP contribution in [-0.2, 0) is 11.8 Å². The first-order valence-electron chi connectivity index (χ1n) is 11.3. The fraction of sp³-hybridized carbons (Fsp3) is 0.375. The third kappa shape index (κ3) is 5.57. The largest absolute Gasteiger partial charge is 0.439 e. The molecule has 1 aliphatic rings. The second-order valence-electron chi connectivity index (χ2n) is 8.52. The average Bonchev–Trinajstić information content (AvgIpc) is 3.10. The van der Waals surface area contributed by atoms with Gasteiger partial charge >= 0.3 is 0 Å². The number of hydrogen-bond acceptors (Lipinski definition) is 7. The smallest absolute Gasteiger partial charge is 0.248 e. The molecular formula is C24H29N7O3. The van der Waals surface area contributed by atoms with E-state index >= 15 is 0 Å². The predicted octanol–water partition coefficient (Wildman–Crippen LogP) is 2.88. The number of rotatable bonds is 7. The molecule has 10 heteroatoms. The molecule has 10 nitrogen and oxygen atoms in total. The van der Waals surface area contributed by atoms with Crippen LogP contribution in [0.2, 0.25) is 0 Å². The van der Waals surface area contributed by atoms with Gasteiger partial charge in [0.05, 0.1) is 12.6 Å². The number of aryl methyl sites for hydroxylation is 3. The van der Waals surface area contributed by atoms with E-state index in [-0.39, 0.29) is 18.5 Å². The number of amides is 2. The summed E-state index contributed by atoms with van der Waals surface area (Å²) in [4.78, 5) is 35.4. The Morgan fingerprint density at radius 1 is 1.15 bits per heavy atom. The van der Waals surface area contributed by atoms with E-state index in [1.54, 1.807) is 35.0 Å². The highest BCUT2D eigenvalue weighted by molar-refractivity contribution is 5.93. The van der Waals surface area contributed by atoms with Crippen molar-refractivity contribution in [3.05, 3.63) is 59.2 Å². The van der Waals surface area contributed by atoms with Gasteiger partial charge in [-0.05, 0) is 57.5 Å². The highest BCUT2D eigenvalue weighted by Gasteiger charge is 2.28. The van der Waals surface area contributed by atoms with E-state index in [1.807, 2.05) is 27.0 Å². The van der Waals surface area contributed by atoms with Crippen LogP contribution >= 0.6 is 0 Å². The number of nitrogens with zero attached hydrogens (tertiary/aromatic N) is 5. The molecular weight excluding hydrogens is 434 g/mol. The monoisotopic (exact) mass is 463 g/mol. The van der Waals surface area contributed by atoms with Gasteiger partial charge in [-0.1, -0.05) is 6.42 Å². The fourth-order valence-electron chi connectivity index (χ4n) is 4.03. The molecule has 1 aromatic carbocycles. The number of carbonyl (C=O) groups excluding carboxylic acids is 2. The number of hydrogen-bond donors (Lipinski definition) is 2. The zero-order valence-corrected chi connectivity index (χ0v) is 19.6. The Morgan fingerprint density at radius 2 is 1.91 bits per heavy atom. The SMILES string of the molecule is Cc1cc(Oc2ccc(C(N)=O)cc2)nc([C@@H]2CCCCN2CC(=O)Nc2cc(C)n(C)n2)n1. The number of piperidine rings is 1. The first-order valence-corrected chi connectivity index (χ1v) is 11.3. The van der Waals surface area contributed by atoms with Crippen LogP contribution in [0.4, 0.5) is 5.82 Å². The molecule has 0 unspecified atom stereocenters. The Balaban J connectivity index is 1.48. The summed E-state index contributed by atoms with van der Waals surface area (Å²) >= 11 is 0. The van der Waals surface area contributed by atoms with Crippen LogP contribution in [0.15, 0.2) is 36.4 Å². The molecule has 2 aromatic heterocycles. The van der Waals surface area contributed by atoms with Gasteiger partial charge in [0.15, 0.2) is 5.82 Å². The number of nitrogens with two attached hydrogens (primary N) is 1. The third-order valence-corrected chi connectivity index (χ3v) is 5.85. The Morgan fingerprint density at radius 3 is 2.59 bits per heavy atom. The number of anilines is 1. The standard InChI is InChI=1S/C24H29N7O3/c1-15-12-22(34-18-9-7-17(8-10-18)23(25)33)28-24(26-15)19-6-4-5-11-31(19)14-21(32)27-20-13-16(2)30(3)29-20/h7-10,12-13,19H,4-6,11,14H2,1-3H3,(H2,25,33)(H,27,29,32)/t19-/m0/s1. The van der Waals surface area contributed by atoms with Crippen LogP contribution in [0.5, 0.6) is 11.6 Å². The zero-order chi connectivity index (χ0) is 24.2. The second kappa shape index (κ2) is 10.0. The number of primary amides is 1. The molecule has 1 aliphatic heterocycles. The zero-order valence-electron chi connectivity index (χ0n) is 19.6. The van der Waals surface area contributed by atoms with Crippen molar-refractivity contribution in [2.45, 2.75) is 39.2 Å². The molecule has 0 bridgehead atoms. The fourth-order valence-corrected chi connectivity index (χ4v) is 4.03. The number of ether oxygens (including phenoxy) is 1. The molecule has 0 radical (unpaired) electrons. The highest BCUT2D eigenvalue weighted by atomic mass is 16.5. The minimum absolute atomic E-state index is 0.0931. The molecule has 3 N–H and O–H groups in total. The third-order valence-electron chi connectivity index (χ3n) is 5.85. The molecule has 4 rings (SSSR count). The van der Waals surface area contributed by atoms with Gasteiger partial charge in [-0.15, -0.1) is 0 Å². The van der Waals surface area contributed by atoms with Crippen molar-refractivity contribution in [3.8, 4) is 11.6 Å². The molecule has 3 aromatic rings. The lowest BCUT2D eigenvalue weighted by Crippen LogP contribution is -2.40. The molecule has 34 heavy (non-hydrogen) atoms. The van der Waals surface area contributed by atoms with Gasteiger partial charge in [0.25, 0.3) is 0 Å². The van der Waals surface area contributed by atoms with Gasteiger partial charge in [0.2, 0.25) is 17.7 Å². The van der Waals surface area contributed by atoms with Gasteiger partial charge in [0.1, 0.15) is 11.6 Å². The van der Waals surface area contributed by atoms with Crippen molar-refractivity contribution >= 4 is 17.6 Å². The molecule has 0 saturated carbocycles. The summed E-state index contributed by atoms with van der Waals surface area (Å²) in [5.41, 5.74) is 7.44. The number of benzene rings is 1. The molecule has 3 heterocycles. The number of likely N-dealkylation sites (tertiary alicyclic amines) is 1. The van der Waals surface area contributed by atoms with Gasteiger partial charge in [-0.2, -0.15) is 10.1 Å². The Labute approximate surface area is 198 Å². The molecule has 0 aliphatic carbocycles. The molecule has 1 saturated heterocycles. The molecule has 178 valence electrons. The summed E-state index contributed by atoms with van der Waals surface area (Å²) in [5, 5.41) is 7.18. The van der Waals surface area contributed by atoms with Crippen LogP contribution in [0, 0.1) is 13.8 Å². The van der Waals surface area contributed by atoms with Crippen molar-refractivity contribution in [3.63, 3.8) is 0 Å². The minimum Gasteiger partial charge on any atom is -0.439 e. The van der Waals surface area contributed by atoms with Gasteiger partial charge in [0, 0.05) is 36.1 Å². The van der Waals surface area contributed by atoms with Crippen LogP contribution in [0.1, 0.15) is 52.9 Å². The van der Waals surface area contributed by atoms with Crippen molar-refractivity contribution in [1.82, 2.24) is 24.6 Å². The molecule has 0 spiro atoms. The minimum atomic E-state index is -0.494. The number of aromatic nitrogens is 4. The van der Waals surface area contributed by atoms with Gasteiger partial charge < -0.3 is 15.8 Å². The predicted molar refractivity (Wildman–Crippen MR) is 127 cm³/mol. The van der Waals surface area contributed by atoms with E-state index in [0.29, 0.717) is 28.8 Å². The maximum Gasteiger partial charge on any atom is 0.248 e. The average molecular weight is 464 g/mol. The summed E-state index contributed by atoms with van der Waals surface area (Å²) in [6.45, 7) is 4.82. The quantitative estimate of drug-likeness (QED) is 0.551. The van der Waals surface area contributed by atoms with Crippen LogP contribution in [0.3, 0.4) is 0 Å². The van der Waals surface area contributed by atoms with E-state index < -0.39 is 5.91 Å². The van der Waals surface area contributed by atoms with Gasteiger partial charge in [-0.3, -0.25) is 19.2 Å². The lowest BCUT2D eigenvalue weighted by Gasteiger charge is -2.34. The Bertz CT molecular complexity index is 1170. The number of carbonyl (C=O) groups is 2. The van der Waals surface area contributed by atoms with Gasteiger partial charge in [-0.25, -0.2) is 4.98 Å². The van der Waals surface area contributed by atoms with Crippen LogP contribution in [0.25, 0.3) is 0 Å². The van der Waals surface area contributed by atoms with Crippen molar-refractivity contribution in [2.24, 2.45) is 12.8 Å². The second-order valence-corrected chi connectivity index (χ2v) is 8.52. The van der Waals surface area contributed by atoms with E-state index in [0.717, 1.165) is 37.2 Å². The lowest BCUT2D eigenvalue weighted by molar-refractivity contribution is -0.118. The molecule has 2 amide bonds. The van der Waals surface area contributed by atoms with Crippen molar-refractivity contribution in [1.29, 1.82) is 0 Å². The van der Waals surface area contributed by atoms with E-state index in [1.165, 1.54) is 0 Å². The maximum atomic E-state index is 12.7. The first-order chi connectivity index (χ1) is 16.3. The number of nitrogens with one attached hydrogen (secondary N) is 1. The van der Waals surface area contributed by atoms with Crippen molar-refractivity contribution < 1.29 is 14.3 Å². The summed E-state index contributed by atoms with van der Waals surface area (Å²) < 4.78 is 7.65. The van der Waals surface area contributed by atoms with Crippen LogP contribution < -0.4 is 15.8 Å². The topological polar surface area (TPSA) is 128 Å². The normalized spacial score (nSPS) is 16.3. The van der Waals surface area contributed by atoms with Crippen LogP contribution in [-0.4, -0.2) is 49.6 Å². The van der Waals surface area contributed by atoms with E-state index in [2.05, 4.69) is 25.3 Å². The summed E-state index contributed by atoms with van der Waals surface area (Å²) in [6, 6.07) is 10.1. The maximum absolute atomic E-state index is 12.7. The Hall–Kier alpha value is -3.79. The summed E-state index contributed by atoms with van der Waals surface area (Å²) in [6.07, 6.45) is 2.89. The van der Waals surface area contributed by atoms with Crippen molar-refractivity contribution in [2.75, 3.05) is 18.4 Å². The Kier molecular flexibility index (Phi) is 6.87. The molecule has 1 atom stereocenters. The highest BCUT2D eigenvalue weighted by Crippen LogP contribution is 2.31. The first kappa shape index (κ1) is 23.4. The molecule has 1 fully saturated rings.